The number of benzene rings is 2. The van der Waals surface area contributed by atoms with Gasteiger partial charge in [0.25, 0.3) is 11.8 Å². The number of aryl methyl sites for hydroxylation is 1. The maximum atomic E-state index is 12.6. The minimum absolute atomic E-state index is 0.189. The molecule has 0 atom stereocenters. The van der Waals surface area contributed by atoms with E-state index in [0.29, 0.717) is 17.2 Å². The van der Waals surface area contributed by atoms with Crippen molar-refractivity contribution < 1.29 is 9.59 Å². The summed E-state index contributed by atoms with van der Waals surface area (Å²) >= 11 is 0. The molecule has 5 nitrogen and oxygen atoms in total. The summed E-state index contributed by atoms with van der Waals surface area (Å²) in [6, 6.07) is 18.5. The first-order valence-electron chi connectivity index (χ1n) is 9.74. The Labute approximate surface area is 171 Å². The average molecular weight is 387 g/mol. The molecule has 3 aromatic rings. The molecule has 0 spiro atoms. The zero-order chi connectivity index (χ0) is 20.8. The van der Waals surface area contributed by atoms with Gasteiger partial charge in [-0.05, 0) is 53.8 Å². The molecule has 0 saturated heterocycles. The van der Waals surface area contributed by atoms with E-state index in [1.54, 1.807) is 6.07 Å². The van der Waals surface area contributed by atoms with Gasteiger partial charge in [-0.1, -0.05) is 51.1 Å². The summed E-state index contributed by atoms with van der Waals surface area (Å²) in [5, 5.41) is 5.74. The summed E-state index contributed by atoms with van der Waals surface area (Å²) in [5.41, 5.74) is 4.28. The first kappa shape index (κ1) is 20.3. The molecule has 2 aromatic carbocycles. The molecular weight excluding hydrogens is 362 g/mol. The minimum Gasteiger partial charge on any atom is -0.322 e. The normalized spacial score (nSPS) is 10.6. The second kappa shape index (κ2) is 9.15. The largest absolute Gasteiger partial charge is 0.322 e. The summed E-state index contributed by atoms with van der Waals surface area (Å²) in [6.07, 6.45) is 2.29. The summed E-state index contributed by atoms with van der Waals surface area (Å²) in [5.74, 6) is -0.205. The second-order valence-electron chi connectivity index (χ2n) is 7.13. The summed E-state index contributed by atoms with van der Waals surface area (Å²) in [6.45, 7) is 6.27. The molecule has 5 heteroatoms. The van der Waals surface area contributed by atoms with Gasteiger partial charge in [-0.3, -0.25) is 14.6 Å². The van der Waals surface area contributed by atoms with Gasteiger partial charge in [0, 0.05) is 23.1 Å². The maximum Gasteiger partial charge on any atom is 0.274 e. The number of aromatic nitrogens is 1. The molecule has 0 unspecified atom stereocenters. The Morgan fingerprint density at radius 1 is 0.931 bits per heavy atom. The third-order valence-electron chi connectivity index (χ3n) is 4.74. The van der Waals surface area contributed by atoms with Crippen molar-refractivity contribution in [3.05, 3.63) is 89.2 Å². The van der Waals surface area contributed by atoms with Crippen LogP contribution in [0.4, 0.5) is 11.4 Å². The fourth-order valence-electron chi connectivity index (χ4n) is 2.99. The van der Waals surface area contributed by atoms with Crippen LogP contribution in [0.1, 0.15) is 58.7 Å². The van der Waals surface area contributed by atoms with Crippen LogP contribution in [0.2, 0.25) is 0 Å². The van der Waals surface area contributed by atoms with Crippen LogP contribution in [0.5, 0.6) is 0 Å². The Morgan fingerprint density at radius 2 is 1.66 bits per heavy atom. The molecule has 1 heterocycles. The SMILES string of the molecule is CCc1ccccc1NC(=O)c1ccnc(C(=O)Nc2ccc(C(C)C)cc2)c1. The smallest absolute Gasteiger partial charge is 0.274 e. The Kier molecular flexibility index (Phi) is 6.39. The fourth-order valence-corrected chi connectivity index (χ4v) is 2.99. The fraction of sp³-hybridized carbons (Fsp3) is 0.208. The lowest BCUT2D eigenvalue weighted by Crippen LogP contribution is -2.17. The predicted molar refractivity (Wildman–Crippen MR) is 116 cm³/mol. The van der Waals surface area contributed by atoms with Crippen molar-refractivity contribution in [1.82, 2.24) is 4.98 Å². The van der Waals surface area contributed by atoms with Crippen molar-refractivity contribution in [3.63, 3.8) is 0 Å². The van der Waals surface area contributed by atoms with Gasteiger partial charge in [-0.2, -0.15) is 0 Å². The highest BCUT2D eigenvalue weighted by Crippen LogP contribution is 2.19. The van der Waals surface area contributed by atoms with Crippen LogP contribution < -0.4 is 10.6 Å². The molecule has 2 amide bonds. The monoisotopic (exact) mass is 387 g/mol. The first-order valence-corrected chi connectivity index (χ1v) is 9.74. The van der Waals surface area contributed by atoms with E-state index >= 15 is 0 Å². The van der Waals surface area contributed by atoms with Crippen LogP contribution in [0.25, 0.3) is 0 Å². The molecule has 0 radical (unpaired) electrons. The lowest BCUT2D eigenvalue weighted by molar-refractivity contribution is 0.102. The molecule has 3 rings (SSSR count). The van der Waals surface area contributed by atoms with E-state index < -0.39 is 0 Å². The van der Waals surface area contributed by atoms with E-state index in [2.05, 4.69) is 29.5 Å². The highest BCUT2D eigenvalue weighted by Gasteiger charge is 2.13. The number of anilines is 2. The highest BCUT2D eigenvalue weighted by atomic mass is 16.2. The molecule has 0 bridgehead atoms. The van der Waals surface area contributed by atoms with Crippen molar-refractivity contribution in [3.8, 4) is 0 Å². The molecule has 29 heavy (non-hydrogen) atoms. The molecular formula is C24H25N3O2. The molecule has 0 aliphatic carbocycles. The van der Waals surface area contributed by atoms with Crippen molar-refractivity contribution in [1.29, 1.82) is 0 Å². The van der Waals surface area contributed by atoms with Crippen molar-refractivity contribution >= 4 is 23.2 Å². The highest BCUT2D eigenvalue weighted by molar-refractivity contribution is 6.08. The van der Waals surface area contributed by atoms with Gasteiger partial charge >= 0.3 is 0 Å². The number of rotatable bonds is 6. The Morgan fingerprint density at radius 3 is 2.34 bits per heavy atom. The number of hydrogen-bond donors (Lipinski definition) is 2. The quantitative estimate of drug-likeness (QED) is 0.605. The minimum atomic E-state index is -0.356. The lowest BCUT2D eigenvalue weighted by atomic mass is 10.0. The molecule has 0 aliphatic heterocycles. The first-order chi connectivity index (χ1) is 14.0. The Hall–Kier alpha value is -3.47. The van der Waals surface area contributed by atoms with Crippen LogP contribution in [0, 0.1) is 0 Å². The standard InChI is InChI=1S/C24H25N3O2/c1-4-17-7-5-6-8-21(17)27-23(28)19-13-14-25-22(15-19)24(29)26-20-11-9-18(10-12-20)16(2)3/h5-16H,4H2,1-3H3,(H,26,29)(H,27,28). The molecule has 0 saturated carbocycles. The average Bonchev–Trinajstić information content (AvgIpc) is 2.74. The zero-order valence-electron chi connectivity index (χ0n) is 16.9. The van der Waals surface area contributed by atoms with Gasteiger partial charge in [0.2, 0.25) is 0 Å². The third-order valence-corrected chi connectivity index (χ3v) is 4.74. The van der Waals surface area contributed by atoms with Crippen LogP contribution in [0.15, 0.2) is 66.9 Å². The van der Waals surface area contributed by atoms with Crippen molar-refractivity contribution in [2.24, 2.45) is 0 Å². The predicted octanol–water partition coefficient (Wildman–Crippen LogP) is 5.27. The zero-order valence-corrected chi connectivity index (χ0v) is 16.9. The van der Waals surface area contributed by atoms with Gasteiger partial charge in [0.05, 0.1) is 0 Å². The lowest BCUT2D eigenvalue weighted by Gasteiger charge is -2.11. The van der Waals surface area contributed by atoms with Gasteiger partial charge < -0.3 is 10.6 Å². The molecule has 1 aromatic heterocycles. The van der Waals surface area contributed by atoms with E-state index in [-0.39, 0.29) is 17.5 Å². The molecule has 0 aliphatic rings. The summed E-state index contributed by atoms with van der Waals surface area (Å²) in [4.78, 5) is 29.3. The maximum absolute atomic E-state index is 12.6. The Bertz CT molecular complexity index is 1010. The van der Waals surface area contributed by atoms with E-state index in [4.69, 9.17) is 0 Å². The van der Waals surface area contributed by atoms with Crippen LogP contribution in [-0.4, -0.2) is 16.8 Å². The number of nitrogens with zero attached hydrogens (tertiary/aromatic N) is 1. The van der Waals surface area contributed by atoms with E-state index in [9.17, 15) is 9.59 Å². The number of nitrogens with one attached hydrogen (secondary N) is 2. The van der Waals surface area contributed by atoms with E-state index in [0.717, 1.165) is 17.7 Å². The number of pyridine rings is 1. The Balaban J connectivity index is 1.72. The van der Waals surface area contributed by atoms with Crippen LogP contribution in [-0.2, 0) is 6.42 Å². The van der Waals surface area contributed by atoms with Crippen LogP contribution >= 0.6 is 0 Å². The molecule has 148 valence electrons. The number of carbonyl (C=O) groups excluding carboxylic acids is 2. The summed E-state index contributed by atoms with van der Waals surface area (Å²) < 4.78 is 0. The van der Waals surface area contributed by atoms with Gasteiger partial charge in [0.1, 0.15) is 5.69 Å². The summed E-state index contributed by atoms with van der Waals surface area (Å²) in [7, 11) is 0. The number of para-hydroxylation sites is 1. The molecule has 2 N–H and O–H groups in total. The number of carbonyl (C=O) groups is 2. The second-order valence-corrected chi connectivity index (χ2v) is 7.13. The van der Waals surface area contributed by atoms with Crippen molar-refractivity contribution in [2.45, 2.75) is 33.1 Å². The topological polar surface area (TPSA) is 71.1 Å². The van der Waals surface area contributed by atoms with Gasteiger partial charge in [-0.25, -0.2) is 0 Å². The van der Waals surface area contributed by atoms with Gasteiger partial charge in [0.15, 0.2) is 0 Å². The van der Waals surface area contributed by atoms with E-state index in [1.807, 2.05) is 55.5 Å². The third kappa shape index (κ3) is 5.08. The molecule has 0 fully saturated rings. The van der Waals surface area contributed by atoms with Crippen LogP contribution in [0.3, 0.4) is 0 Å². The number of hydrogen-bond acceptors (Lipinski definition) is 3. The van der Waals surface area contributed by atoms with E-state index in [1.165, 1.54) is 17.8 Å². The number of amides is 2. The van der Waals surface area contributed by atoms with Gasteiger partial charge in [-0.15, -0.1) is 0 Å². The van der Waals surface area contributed by atoms with Crippen molar-refractivity contribution in [2.75, 3.05) is 10.6 Å².